The molecule has 98 valence electrons. The van der Waals surface area contributed by atoms with E-state index in [-0.39, 0.29) is 12.1 Å². The van der Waals surface area contributed by atoms with Gasteiger partial charge in [0, 0.05) is 17.8 Å². The number of nitrogens with one attached hydrogen (secondary N) is 1. The second kappa shape index (κ2) is 5.59. The van der Waals surface area contributed by atoms with Crippen LogP contribution in [0.15, 0.2) is 18.2 Å². The monoisotopic (exact) mass is 267 g/mol. The molecule has 1 fully saturated rings. The van der Waals surface area contributed by atoms with Gasteiger partial charge < -0.3 is 16.8 Å². The maximum Gasteiger partial charge on any atom is 0.252 e. The lowest BCUT2D eigenvalue weighted by Gasteiger charge is -2.30. The number of hydrogen-bond donors (Lipinski definition) is 3. The van der Waals surface area contributed by atoms with Crippen molar-refractivity contribution < 1.29 is 4.79 Å². The number of benzene rings is 1. The summed E-state index contributed by atoms with van der Waals surface area (Å²) < 4.78 is 0. The Morgan fingerprint density at radius 3 is 2.72 bits per heavy atom. The van der Waals surface area contributed by atoms with E-state index < -0.39 is 5.91 Å². The van der Waals surface area contributed by atoms with E-state index in [1.807, 2.05) is 6.07 Å². The number of hydrogen-bond acceptors (Lipinski definition) is 3. The molecule has 0 bridgehead atoms. The highest BCUT2D eigenvalue weighted by atomic mass is 35.5. The van der Waals surface area contributed by atoms with Crippen LogP contribution in [0.5, 0.6) is 0 Å². The third kappa shape index (κ3) is 2.76. The number of primary amides is 1. The Balaban J connectivity index is 2.23. The fraction of sp³-hybridized carbons (Fsp3) is 0.462. The molecule has 5 N–H and O–H groups in total. The topological polar surface area (TPSA) is 81.1 Å². The normalized spacial score (nSPS) is 23.7. The Morgan fingerprint density at radius 2 is 2.06 bits per heavy atom. The molecule has 2 unspecified atom stereocenters. The van der Waals surface area contributed by atoms with E-state index in [4.69, 9.17) is 23.1 Å². The third-order valence-corrected chi connectivity index (χ3v) is 3.74. The van der Waals surface area contributed by atoms with E-state index >= 15 is 0 Å². The highest BCUT2D eigenvalue weighted by Gasteiger charge is 2.23. The van der Waals surface area contributed by atoms with Gasteiger partial charge >= 0.3 is 0 Å². The minimum Gasteiger partial charge on any atom is -0.380 e. The zero-order valence-corrected chi connectivity index (χ0v) is 10.9. The molecule has 0 spiro atoms. The molecule has 1 aromatic rings. The van der Waals surface area contributed by atoms with Gasteiger partial charge in [0.05, 0.1) is 10.6 Å². The molecular weight excluding hydrogens is 250 g/mol. The number of amides is 1. The van der Waals surface area contributed by atoms with Crippen molar-refractivity contribution in [2.24, 2.45) is 11.5 Å². The van der Waals surface area contributed by atoms with Crippen LogP contribution >= 0.6 is 11.6 Å². The molecule has 4 nitrogen and oxygen atoms in total. The number of rotatable bonds is 3. The minimum absolute atomic E-state index is 0.110. The van der Waals surface area contributed by atoms with Crippen LogP contribution in [-0.2, 0) is 0 Å². The third-order valence-electron chi connectivity index (χ3n) is 3.42. The molecule has 2 atom stereocenters. The van der Waals surface area contributed by atoms with Crippen molar-refractivity contribution in [3.8, 4) is 0 Å². The smallest absolute Gasteiger partial charge is 0.252 e. The summed E-state index contributed by atoms with van der Waals surface area (Å²) >= 11 is 6.01. The number of nitrogens with two attached hydrogens (primary N) is 2. The molecule has 0 aromatic heterocycles. The number of carbonyl (C=O) groups excluding carboxylic acids is 1. The molecule has 1 aromatic carbocycles. The Labute approximate surface area is 112 Å². The molecule has 1 aliphatic rings. The van der Waals surface area contributed by atoms with E-state index in [1.165, 1.54) is 0 Å². The van der Waals surface area contributed by atoms with E-state index in [9.17, 15) is 4.79 Å². The lowest BCUT2D eigenvalue weighted by Crippen LogP contribution is -2.42. The van der Waals surface area contributed by atoms with Gasteiger partial charge in [0.25, 0.3) is 5.91 Å². The van der Waals surface area contributed by atoms with Crippen molar-refractivity contribution in [3.05, 3.63) is 28.8 Å². The molecule has 0 heterocycles. The van der Waals surface area contributed by atoms with Gasteiger partial charge in [-0.15, -0.1) is 0 Å². The summed E-state index contributed by atoms with van der Waals surface area (Å²) in [5.74, 6) is -0.521. The molecule has 18 heavy (non-hydrogen) atoms. The Kier molecular flexibility index (Phi) is 4.09. The van der Waals surface area contributed by atoms with E-state index in [0.717, 1.165) is 25.7 Å². The van der Waals surface area contributed by atoms with Gasteiger partial charge in [0.2, 0.25) is 0 Å². The molecule has 0 radical (unpaired) electrons. The van der Waals surface area contributed by atoms with Crippen LogP contribution in [0.1, 0.15) is 36.0 Å². The summed E-state index contributed by atoms with van der Waals surface area (Å²) in [5.41, 5.74) is 12.5. The van der Waals surface area contributed by atoms with Crippen molar-refractivity contribution in [1.29, 1.82) is 0 Å². The van der Waals surface area contributed by atoms with Crippen LogP contribution in [0.4, 0.5) is 5.69 Å². The highest BCUT2D eigenvalue weighted by Crippen LogP contribution is 2.27. The first-order valence-electron chi connectivity index (χ1n) is 6.20. The van der Waals surface area contributed by atoms with Crippen LogP contribution in [0.3, 0.4) is 0 Å². The predicted octanol–water partition coefficient (Wildman–Crippen LogP) is 2.12. The average molecular weight is 268 g/mol. The zero-order chi connectivity index (χ0) is 13.1. The summed E-state index contributed by atoms with van der Waals surface area (Å²) in [5, 5.41) is 3.68. The van der Waals surface area contributed by atoms with Crippen LogP contribution in [0.2, 0.25) is 5.02 Å². The SMILES string of the molecule is NC(=O)c1c(Cl)cccc1NC1CCCCC1N. The lowest BCUT2D eigenvalue weighted by atomic mass is 9.90. The quantitative estimate of drug-likeness (QED) is 0.785. The van der Waals surface area contributed by atoms with E-state index in [0.29, 0.717) is 16.3 Å². The fourth-order valence-corrected chi connectivity index (χ4v) is 2.70. The van der Waals surface area contributed by atoms with Gasteiger partial charge in [-0.2, -0.15) is 0 Å². The van der Waals surface area contributed by atoms with Gasteiger partial charge in [-0.3, -0.25) is 4.79 Å². The highest BCUT2D eigenvalue weighted by molar-refractivity contribution is 6.34. The summed E-state index contributed by atoms with van der Waals surface area (Å²) in [6.45, 7) is 0. The Morgan fingerprint density at radius 1 is 1.33 bits per heavy atom. The Bertz CT molecular complexity index is 450. The first kappa shape index (κ1) is 13.2. The van der Waals surface area contributed by atoms with Gasteiger partial charge in [0.15, 0.2) is 0 Å². The van der Waals surface area contributed by atoms with Crippen molar-refractivity contribution in [1.82, 2.24) is 0 Å². The van der Waals surface area contributed by atoms with Crippen LogP contribution in [-0.4, -0.2) is 18.0 Å². The van der Waals surface area contributed by atoms with Crippen molar-refractivity contribution >= 4 is 23.2 Å². The largest absolute Gasteiger partial charge is 0.380 e. The van der Waals surface area contributed by atoms with Crippen molar-refractivity contribution in [3.63, 3.8) is 0 Å². The van der Waals surface area contributed by atoms with Gasteiger partial charge in [-0.25, -0.2) is 0 Å². The first-order valence-corrected chi connectivity index (χ1v) is 6.58. The molecular formula is C13H18ClN3O. The van der Waals surface area contributed by atoms with Gasteiger partial charge in [-0.1, -0.05) is 30.5 Å². The second-order valence-corrected chi connectivity index (χ2v) is 5.13. The summed E-state index contributed by atoms with van der Waals surface area (Å²) in [6, 6.07) is 5.56. The zero-order valence-electron chi connectivity index (χ0n) is 10.2. The average Bonchev–Trinajstić information content (AvgIpc) is 2.31. The fourth-order valence-electron chi connectivity index (χ4n) is 2.43. The second-order valence-electron chi connectivity index (χ2n) is 4.73. The standard InChI is InChI=1S/C13H18ClN3O/c14-8-4-3-7-11(12(8)13(16)18)17-10-6-2-1-5-9(10)15/h3-4,7,9-10,17H,1-2,5-6,15H2,(H2,16,18). The minimum atomic E-state index is -0.521. The summed E-state index contributed by atoms with van der Waals surface area (Å²) in [4.78, 5) is 11.4. The number of anilines is 1. The van der Waals surface area contributed by atoms with Gasteiger partial charge in [-0.05, 0) is 25.0 Å². The predicted molar refractivity (Wildman–Crippen MR) is 73.8 cm³/mol. The van der Waals surface area contributed by atoms with Crippen molar-refractivity contribution in [2.75, 3.05) is 5.32 Å². The molecule has 2 rings (SSSR count). The molecule has 0 saturated heterocycles. The number of halogens is 1. The van der Waals surface area contributed by atoms with E-state index in [2.05, 4.69) is 5.32 Å². The lowest BCUT2D eigenvalue weighted by molar-refractivity contribution is 0.100. The Hall–Kier alpha value is -1.26. The molecule has 1 aliphatic carbocycles. The molecule has 1 saturated carbocycles. The molecule has 5 heteroatoms. The van der Waals surface area contributed by atoms with Crippen LogP contribution in [0.25, 0.3) is 0 Å². The first-order chi connectivity index (χ1) is 8.59. The molecule has 1 amide bonds. The van der Waals surface area contributed by atoms with E-state index in [1.54, 1.807) is 12.1 Å². The van der Waals surface area contributed by atoms with Crippen molar-refractivity contribution in [2.45, 2.75) is 37.8 Å². The maximum atomic E-state index is 11.4. The van der Waals surface area contributed by atoms with Crippen LogP contribution < -0.4 is 16.8 Å². The molecule has 0 aliphatic heterocycles. The summed E-state index contributed by atoms with van der Waals surface area (Å²) in [6.07, 6.45) is 4.32. The van der Waals surface area contributed by atoms with Crippen LogP contribution in [0, 0.1) is 0 Å². The summed E-state index contributed by atoms with van der Waals surface area (Å²) in [7, 11) is 0. The number of carbonyl (C=O) groups is 1. The maximum absolute atomic E-state index is 11.4. The van der Waals surface area contributed by atoms with Gasteiger partial charge in [0.1, 0.15) is 0 Å².